The van der Waals surface area contributed by atoms with Crippen LogP contribution in [0.3, 0.4) is 0 Å². The molecule has 30 heavy (non-hydrogen) atoms. The van der Waals surface area contributed by atoms with Crippen LogP contribution in [0.15, 0.2) is 65.1 Å². The lowest BCUT2D eigenvalue weighted by atomic mass is 9.96. The van der Waals surface area contributed by atoms with Gasteiger partial charge < -0.3 is 15.5 Å². The summed E-state index contributed by atoms with van der Waals surface area (Å²) in [6.07, 6.45) is 1.90. The van der Waals surface area contributed by atoms with Crippen molar-refractivity contribution in [3.8, 4) is 0 Å². The van der Waals surface area contributed by atoms with Gasteiger partial charge >= 0.3 is 0 Å². The van der Waals surface area contributed by atoms with E-state index in [1.807, 2.05) is 51.1 Å². The van der Waals surface area contributed by atoms with E-state index in [1.54, 1.807) is 0 Å². The van der Waals surface area contributed by atoms with E-state index in [-0.39, 0.29) is 11.4 Å². The minimum atomic E-state index is -0.287. The lowest BCUT2D eigenvalue weighted by Gasteiger charge is -2.20. The molecule has 1 aromatic heterocycles. The monoisotopic (exact) mass is 400 g/mol. The topological polar surface area (TPSA) is 68.3 Å². The van der Waals surface area contributed by atoms with Crippen LogP contribution in [0.2, 0.25) is 0 Å². The highest BCUT2D eigenvalue weighted by molar-refractivity contribution is 6.00. The number of benzene rings is 3. The van der Waals surface area contributed by atoms with E-state index >= 15 is 0 Å². The standard InChI is InChI=1S/C24H22N2O2.C2H6/c1-15-11-17-12-18(14-25)28-22(17)13-20(15)23(27)26-24(9-10-24)21-8-4-6-16-5-2-3-7-19(16)21;1-2/h2-8,11-13H,9-10,14,25H2,1H3,(H,26,27);1-2H3. The number of carbonyl (C=O) groups is 1. The molecule has 1 aliphatic carbocycles. The summed E-state index contributed by atoms with van der Waals surface area (Å²) in [4.78, 5) is 13.2. The summed E-state index contributed by atoms with van der Waals surface area (Å²) in [6.45, 7) is 6.31. The third-order valence-corrected chi connectivity index (χ3v) is 5.77. The summed E-state index contributed by atoms with van der Waals surface area (Å²) in [5.41, 5.74) is 8.87. The fourth-order valence-corrected chi connectivity index (χ4v) is 4.11. The molecule has 1 heterocycles. The Morgan fingerprint density at radius 2 is 1.77 bits per heavy atom. The Hall–Kier alpha value is -3.11. The van der Waals surface area contributed by atoms with E-state index in [0.717, 1.165) is 29.6 Å². The molecule has 0 bridgehead atoms. The third-order valence-electron chi connectivity index (χ3n) is 5.77. The van der Waals surface area contributed by atoms with Gasteiger partial charge in [-0.25, -0.2) is 0 Å². The number of furan rings is 1. The van der Waals surface area contributed by atoms with Crippen LogP contribution in [0.25, 0.3) is 21.7 Å². The van der Waals surface area contributed by atoms with Gasteiger partial charge in [0.25, 0.3) is 5.91 Å². The number of rotatable bonds is 4. The molecule has 1 aliphatic rings. The second-order valence-electron chi connectivity index (χ2n) is 7.68. The molecule has 3 aromatic carbocycles. The van der Waals surface area contributed by atoms with Crippen LogP contribution in [0.4, 0.5) is 0 Å². The van der Waals surface area contributed by atoms with Crippen LogP contribution < -0.4 is 11.1 Å². The van der Waals surface area contributed by atoms with Crippen LogP contribution in [0.5, 0.6) is 0 Å². The average molecular weight is 401 g/mol. The van der Waals surface area contributed by atoms with E-state index in [9.17, 15) is 4.79 Å². The predicted octanol–water partition coefficient (Wildman–Crippen LogP) is 5.80. The van der Waals surface area contributed by atoms with Crippen molar-refractivity contribution in [3.63, 3.8) is 0 Å². The zero-order valence-corrected chi connectivity index (χ0v) is 17.8. The van der Waals surface area contributed by atoms with Crippen molar-refractivity contribution in [2.45, 2.75) is 45.7 Å². The predicted molar refractivity (Wildman–Crippen MR) is 123 cm³/mol. The fourth-order valence-electron chi connectivity index (χ4n) is 4.11. The molecule has 0 aliphatic heterocycles. The van der Waals surface area contributed by atoms with Crippen molar-refractivity contribution >= 4 is 27.6 Å². The van der Waals surface area contributed by atoms with Crippen molar-refractivity contribution in [1.82, 2.24) is 5.32 Å². The van der Waals surface area contributed by atoms with Crippen molar-refractivity contribution in [1.29, 1.82) is 0 Å². The summed E-state index contributed by atoms with van der Waals surface area (Å²) in [5.74, 6) is 0.664. The van der Waals surface area contributed by atoms with Crippen molar-refractivity contribution in [2.24, 2.45) is 5.73 Å². The molecule has 1 fully saturated rings. The number of amides is 1. The highest BCUT2D eigenvalue weighted by Crippen LogP contribution is 2.48. The normalized spacial score (nSPS) is 14.3. The van der Waals surface area contributed by atoms with Gasteiger partial charge in [0.1, 0.15) is 11.3 Å². The lowest BCUT2D eigenvalue weighted by molar-refractivity contribution is 0.0930. The molecule has 0 atom stereocenters. The minimum absolute atomic E-state index is 0.0597. The Balaban J connectivity index is 0.00000106. The highest BCUT2D eigenvalue weighted by Gasteiger charge is 2.46. The Bertz CT molecular complexity index is 1210. The summed E-state index contributed by atoms with van der Waals surface area (Å²) >= 11 is 0. The molecule has 5 rings (SSSR count). The van der Waals surface area contributed by atoms with E-state index in [4.69, 9.17) is 10.2 Å². The first kappa shape index (κ1) is 20.2. The number of hydrogen-bond acceptors (Lipinski definition) is 3. The minimum Gasteiger partial charge on any atom is -0.460 e. The maximum atomic E-state index is 13.2. The molecule has 0 saturated heterocycles. The van der Waals surface area contributed by atoms with E-state index in [1.165, 1.54) is 16.3 Å². The molecule has 1 amide bonds. The lowest BCUT2D eigenvalue weighted by Crippen LogP contribution is -2.35. The van der Waals surface area contributed by atoms with Crippen LogP contribution in [0, 0.1) is 6.92 Å². The molecule has 4 nitrogen and oxygen atoms in total. The number of aryl methyl sites for hydroxylation is 1. The molecule has 4 aromatic rings. The van der Waals surface area contributed by atoms with Gasteiger partial charge in [-0.05, 0) is 59.9 Å². The fraction of sp³-hybridized carbons (Fsp3) is 0.269. The maximum absolute atomic E-state index is 13.2. The van der Waals surface area contributed by atoms with Crippen LogP contribution in [-0.4, -0.2) is 5.91 Å². The average Bonchev–Trinajstić information content (AvgIpc) is 3.44. The Labute approximate surface area is 177 Å². The summed E-state index contributed by atoms with van der Waals surface area (Å²) in [5, 5.41) is 6.69. The quantitative estimate of drug-likeness (QED) is 0.455. The molecule has 0 unspecified atom stereocenters. The molecule has 1 saturated carbocycles. The second kappa shape index (κ2) is 7.96. The smallest absolute Gasteiger partial charge is 0.252 e. The number of nitrogens with one attached hydrogen (secondary N) is 1. The summed E-state index contributed by atoms with van der Waals surface area (Å²) in [7, 11) is 0. The van der Waals surface area contributed by atoms with E-state index in [0.29, 0.717) is 17.7 Å². The van der Waals surface area contributed by atoms with Gasteiger partial charge in [0.2, 0.25) is 0 Å². The van der Waals surface area contributed by atoms with Gasteiger partial charge in [-0.1, -0.05) is 56.3 Å². The Morgan fingerprint density at radius 1 is 1.03 bits per heavy atom. The van der Waals surface area contributed by atoms with Gasteiger partial charge in [-0.2, -0.15) is 0 Å². The molecule has 154 valence electrons. The Morgan fingerprint density at radius 3 is 2.50 bits per heavy atom. The number of fused-ring (bicyclic) bond motifs is 2. The van der Waals surface area contributed by atoms with Gasteiger partial charge in [0.05, 0.1) is 12.1 Å². The van der Waals surface area contributed by atoms with E-state index < -0.39 is 0 Å². The van der Waals surface area contributed by atoms with Crippen LogP contribution in [0.1, 0.15) is 53.9 Å². The first-order valence-corrected chi connectivity index (χ1v) is 10.6. The number of hydrogen-bond donors (Lipinski definition) is 2. The van der Waals surface area contributed by atoms with Crippen LogP contribution >= 0.6 is 0 Å². The van der Waals surface area contributed by atoms with E-state index in [2.05, 4.69) is 35.6 Å². The first-order chi connectivity index (χ1) is 14.6. The molecule has 0 radical (unpaired) electrons. The molecule has 4 heteroatoms. The van der Waals surface area contributed by atoms with Crippen molar-refractivity contribution in [2.75, 3.05) is 0 Å². The third kappa shape index (κ3) is 3.48. The van der Waals surface area contributed by atoms with Gasteiger partial charge in [0, 0.05) is 10.9 Å². The Kier molecular flexibility index (Phi) is 5.35. The second-order valence-corrected chi connectivity index (χ2v) is 7.68. The van der Waals surface area contributed by atoms with Gasteiger partial charge in [-0.15, -0.1) is 0 Å². The SMILES string of the molecule is CC.Cc1cc2cc(CN)oc2cc1C(=O)NC1(c2cccc3ccccc23)CC1. The van der Waals surface area contributed by atoms with Gasteiger partial charge in [-0.3, -0.25) is 4.79 Å². The number of carbonyl (C=O) groups excluding carboxylic acids is 1. The van der Waals surface area contributed by atoms with Crippen molar-refractivity contribution in [3.05, 3.63) is 83.1 Å². The summed E-state index contributed by atoms with van der Waals surface area (Å²) < 4.78 is 5.75. The largest absolute Gasteiger partial charge is 0.460 e. The first-order valence-electron chi connectivity index (χ1n) is 10.6. The van der Waals surface area contributed by atoms with Crippen LogP contribution in [-0.2, 0) is 12.1 Å². The maximum Gasteiger partial charge on any atom is 0.252 e. The van der Waals surface area contributed by atoms with Gasteiger partial charge in [0.15, 0.2) is 0 Å². The zero-order valence-electron chi connectivity index (χ0n) is 17.8. The molecule has 0 spiro atoms. The molecule has 3 N–H and O–H groups in total. The highest BCUT2D eigenvalue weighted by atomic mass is 16.3. The van der Waals surface area contributed by atoms with Crippen molar-refractivity contribution < 1.29 is 9.21 Å². The molecular weight excluding hydrogens is 372 g/mol. The number of nitrogens with two attached hydrogens (primary N) is 1. The summed E-state index contributed by atoms with van der Waals surface area (Å²) in [6, 6.07) is 20.4. The zero-order chi connectivity index (χ0) is 21.3. The molecular formula is C26H28N2O2.